The average molecular weight is 441 g/mol. The van der Waals surface area contributed by atoms with Gasteiger partial charge in [0.1, 0.15) is 0 Å². The van der Waals surface area contributed by atoms with Crippen LogP contribution in [0.5, 0.6) is 0 Å². The Bertz CT molecular complexity index is 678. The van der Waals surface area contributed by atoms with Gasteiger partial charge in [0.05, 0.1) is 0 Å². The number of nitro benzene ring substituents is 2. The second-order valence-corrected chi connectivity index (χ2v) is 7.75. The first-order chi connectivity index (χ1) is 9.88. The molecule has 0 saturated heterocycles. The molecule has 0 aliphatic heterocycles. The summed E-state index contributed by atoms with van der Waals surface area (Å²) in [5.74, 6) is 0. The monoisotopic (exact) mass is 442 g/mol. The van der Waals surface area contributed by atoms with Gasteiger partial charge in [-0.2, -0.15) is 0 Å². The van der Waals surface area contributed by atoms with Crippen molar-refractivity contribution in [1.82, 2.24) is 0 Å². The summed E-state index contributed by atoms with van der Waals surface area (Å²) in [4.78, 5) is 20.3. The van der Waals surface area contributed by atoms with Crippen LogP contribution in [0, 0.1) is 20.2 Å². The van der Waals surface area contributed by atoms with Crippen LogP contribution in [0.4, 0.5) is 11.4 Å². The maximum atomic E-state index is 10.7. The number of benzene rings is 2. The van der Waals surface area contributed by atoms with E-state index in [4.69, 9.17) is 23.2 Å². The number of halogens is 2. The quantitative estimate of drug-likeness (QED) is 0.415. The van der Waals surface area contributed by atoms with Crippen LogP contribution in [-0.4, -0.2) is 30.8 Å². The van der Waals surface area contributed by atoms with Crippen molar-refractivity contribution in [1.29, 1.82) is 0 Å². The topological polar surface area (TPSA) is 86.3 Å². The fourth-order valence-corrected chi connectivity index (χ4v) is 4.70. The van der Waals surface area contributed by atoms with Crippen LogP contribution in [0.3, 0.4) is 0 Å². The SMILES string of the molecule is O=[N+]([O-])c1ccc([Te]c2ccc([N+](=O)[O-])cc2Cl)c(Cl)c1. The van der Waals surface area contributed by atoms with Crippen LogP contribution < -0.4 is 7.22 Å². The second kappa shape index (κ2) is 6.58. The molecular formula is C12H6Cl2N2O4Te. The third-order valence-corrected chi connectivity index (χ3v) is 7.09. The van der Waals surface area contributed by atoms with Gasteiger partial charge in [-0.1, -0.05) is 0 Å². The molecule has 0 aromatic heterocycles. The van der Waals surface area contributed by atoms with E-state index < -0.39 is 30.8 Å². The van der Waals surface area contributed by atoms with E-state index in [9.17, 15) is 20.2 Å². The van der Waals surface area contributed by atoms with Gasteiger partial charge < -0.3 is 0 Å². The molecule has 0 amide bonds. The van der Waals surface area contributed by atoms with Gasteiger partial charge in [-0.3, -0.25) is 0 Å². The van der Waals surface area contributed by atoms with E-state index in [1.54, 1.807) is 12.1 Å². The fourth-order valence-electron chi connectivity index (χ4n) is 1.49. The third kappa shape index (κ3) is 3.83. The minimum atomic E-state index is -0.992. The molecule has 21 heavy (non-hydrogen) atoms. The zero-order valence-corrected chi connectivity index (χ0v) is 14.0. The van der Waals surface area contributed by atoms with Crippen LogP contribution >= 0.6 is 23.2 Å². The summed E-state index contributed by atoms with van der Waals surface area (Å²) >= 11 is 11.1. The maximum absolute atomic E-state index is 10.7. The predicted molar refractivity (Wildman–Crippen MR) is 81.2 cm³/mol. The van der Waals surface area contributed by atoms with E-state index in [2.05, 4.69) is 0 Å². The van der Waals surface area contributed by atoms with Gasteiger partial charge in [0.2, 0.25) is 0 Å². The molecule has 108 valence electrons. The van der Waals surface area contributed by atoms with E-state index in [0.29, 0.717) is 10.0 Å². The molecule has 0 unspecified atom stereocenters. The molecular weight excluding hydrogens is 435 g/mol. The Labute approximate surface area is 139 Å². The molecule has 0 saturated carbocycles. The van der Waals surface area contributed by atoms with Gasteiger partial charge in [-0.15, -0.1) is 0 Å². The van der Waals surface area contributed by atoms with Crippen molar-refractivity contribution in [3.8, 4) is 0 Å². The Kier molecular flexibility index (Phi) is 5.01. The average Bonchev–Trinajstić information content (AvgIpc) is 2.42. The molecule has 0 atom stereocenters. The van der Waals surface area contributed by atoms with Crippen molar-refractivity contribution >= 4 is 62.7 Å². The number of rotatable bonds is 4. The number of non-ortho nitro benzene ring substituents is 2. The van der Waals surface area contributed by atoms with Crippen molar-refractivity contribution in [3.63, 3.8) is 0 Å². The molecule has 2 aromatic rings. The van der Waals surface area contributed by atoms with Gasteiger partial charge in [-0.25, -0.2) is 0 Å². The summed E-state index contributed by atoms with van der Waals surface area (Å²) in [5.41, 5.74) is -0.156. The van der Waals surface area contributed by atoms with Crippen LogP contribution in [0.25, 0.3) is 0 Å². The van der Waals surface area contributed by atoms with Crippen LogP contribution in [0.2, 0.25) is 10.0 Å². The molecule has 9 heteroatoms. The molecule has 2 rings (SSSR count). The molecule has 2 aromatic carbocycles. The summed E-state index contributed by atoms with van der Waals surface area (Å²) in [7, 11) is 0. The predicted octanol–water partition coefficient (Wildman–Crippen LogP) is 2.46. The molecule has 0 aliphatic rings. The van der Waals surface area contributed by atoms with Gasteiger partial charge in [-0.05, 0) is 0 Å². The van der Waals surface area contributed by atoms with Crippen molar-refractivity contribution < 1.29 is 9.85 Å². The van der Waals surface area contributed by atoms with Crippen molar-refractivity contribution in [2.45, 2.75) is 0 Å². The van der Waals surface area contributed by atoms with Crippen molar-refractivity contribution in [2.24, 2.45) is 0 Å². The first-order valence-electron chi connectivity index (χ1n) is 5.44. The second-order valence-electron chi connectivity index (χ2n) is 3.85. The summed E-state index contributed by atoms with van der Waals surface area (Å²) in [6.07, 6.45) is 0. The molecule has 0 heterocycles. The first-order valence-corrected chi connectivity index (χ1v) is 8.53. The van der Waals surface area contributed by atoms with Crippen molar-refractivity contribution in [3.05, 3.63) is 66.7 Å². The summed E-state index contributed by atoms with van der Waals surface area (Å²) in [5, 5.41) is 21.9. The normalized spacial score (nSPS) is 10.4. The Morgan fingerprint density at radius 1 is 0.810 bits per heavy atom. The zero-order chi connectivity index (χ0) is 15.6. The van der Waals surface area contributed by atoms with Crippen LogP contribution in [0.15, 0.2) is 36.4 Å². The molecule has 0 bridgehead atoms. The molecule has 0 spiro atoms. The Morgan fingerprint density at radius 3 is 1.48 bits per heavy atom. The standard InChI is InChI=1S/C12H6Cl2N2O4Te/c13-9-5-7(15(17)18)1-3-11(9)21-12-4-2-8(16(19)20)6-10(12)14/h1-6H. The third-order valence-electron chi connectivity index (χ3n) is 2.47. The molecule has 0 N–H and O–H groups in total. The van der Waals surface area contributed by atoms with E-state index in [0.717, 1.165) is 7.22 Å². The molecule has 0 radical (unpaired) electrons. The van der Waals surface area contributed by atoms with E-state index >= 15 is 0 Å². The van der Waals surface area contributed by atoms with Gasteiger partial charge >= 0.3 is 139 Å². The van der Waals surface area contributed by atoms with Gasteiger partial charge in [0.15, 0.2) is 0 Å². The summed E-state index contributed by atoms with van der Waals surface area (Å²) in [6.45, 7) is 0. The molecule has 6 nitrogen and oxygen atoms in total. The van der Waals surface area contributed by atoms with Crippen LogP contribution in [0.1, 0.15) is 0 Å². The Morgan fingerprint density at radius 2 is 1.19 bits per heavy atom. The van der Waals surface area contributed by atoms with Gasteiger partial charge in [0.25, 0.3) is 0 Å². The number of nitrogens with zero attached hydrogens (tertiary/aromatic N) is 2. The Balaban J connectivity index is 2.30. The van der Waals surface area contributed by atoms with E-state index in [1.807, 2.05) is 0 Å². The first kappa shape index (κ1) is 16.0. The minimum absolute atomic E-state index is 0.0778. The summed E-state index contributed by atoms with van der Waals surface area (Å²) in [6, 6.07) is 8.54. The molecule has 0 aliphatic carbocycles. The number of hydrogen-bond acceptors (Lipinski definition) is 4. The molecule has 0 fully saturated rings. The van der Waals surface area contributed by atoms with E-state index in [1.165, 1.54) is 24.3 Å². The van der Waals surface area contributed by atoms with Crippen LogP contribution in [-0.2, 0) is 0 Å². The fraction of sp³-hybridized carbons (Fsp3) is 0. The zero-order valence-electron chi connectivity index (χ0n) is 10.2. The van der Waals surface area contributed by atoms with E-state index in [-0.39, 0.29) is 11.4 Å². The summed E-state index contributed by atoms with van der Waals surface area (Å²) < 4.78 is 1.56. The Hall–Kier alpha value is -1.39. The number of nitro groups is 2. The van der Waals surface area contributed by atoms with Crippen molar-refractivity contribution in [2.75, 3.05) is 0 Å². The van der Waals surface area contributed by atoms with Gasteiger partial charge in [0, 0.05) is 0 Å². The number of hydrogen-bond donors (Lipinski definition) is 0.